The van der Waals surface area contributed by atoms with Crippen molar-refractivity contribution in [3.8, 4) is 0 Å². The molecule has 1 heterocycles. The predicted octanol–water partition coefficient (Wildman–Crippen LogP) is 2.66. The molecule has 0 amide bonds. The average Bonchev–Trinajstić information content (AvgIpc) is 2.98. The number of hydrogen-bond donors (Lipinski definition) is 0. The molecule has 2 atom stereocenters. The first-order valence-electron chi connectivity index (χ1n) is 5.57. The molecule has 1 nitrogen and oxygen atoms in total. The molecule has 3 rings (SSSR count). The van der Waals surface area contributed by atoms with E-state index < -0.39 is 0 Å². The molecule has 0 aromatic rings. The van der Waals surface area contributed by atoms with E-state index in [-0.39, 0.29) is 0 Å². The van der Waals surface area contributed by atoms with E-state index in [1.807, 2.05) is 13.8 Å². The largest absolute Gasteiger partial charge is 0.295 e. The van der Waals surface area contributed by atoms with Crippen LogP contribution in [0.4, 0.5) is 0 Å². The lowest BCUT2D eigenvalue weighted by Gasteiger charge is -2.24. The van der Waals surface area contributed by atoms with Gasteiger partial charge in [-0.2, -0.15) is 0 Å². The van der Waals surface area contributed by atoms with Crippen LogP contribution in [0.15, 0.2) is 0 Å². The summed E-state index contributed by atoms with van der Waals surface area (Å²) in [5.41, 5.74) is 0.696. The third-order valence-electron chi connectivity index (χ3n) is 3.74. The summed E-state index contributed by atoms with van der Waals surface area (Å²) in [4.78, 5) is 2.78. The molecule has 0 radical (unpaired) electrons. The minimum Gasteiger partial charge on any atom is -0.295 e. The topological polar surface area (TPSA) is 3.24 Å². The third-order valence-corrected chi connectivity index (χ3v) is 3.74. The van der Waals surface area contributed by atoms with Crippen LogP contribution in [0, 0.1) is 5.92 Å². The number of fused-ring (bicyclic) bond motifs is 1. The SMILES string of the molecule is CC.CC12CC1CCN2C1CC1. The van der Waals surface area contributed by atoms with E-state index >= 15 is 0 Å². The van der Waals surface area contributed by atoms with Crippen LogP contribution in [-0.4, -0.2) is 23.0 Å². The van der Waals surface area contributed by atoms with Gasteiger partial charge in [0, 0.05) is 11.6 Å². The summed E-state index contributed by atoms with van der Waals surface area (Å²) in [6.07, 6.45) is 5.97. The second-order valence-corrected chi connectivity index (χ2v) is 4.47. The molecule has 3 fully saturated rings. The highest BCUT2D eigenvalue weighted by Gasteiger charge is 2.60. The molecule has 0 bridgehead atoms. The smallest absolute Gasteiger partial charge is 0.0217 e. The van der Waals surface area contributed by atoms with E-state index in [9.17, 15) is 0 Å². The molecule has 1 aliphatic heterocycles. The predicted molar refractivity (Wildman–Crippen MR) is 52.2 cm³/mol. The van der Waals surface area contributed by atoms with Gasteiger partial charge in [-0.1, -0.05) is 13.8 Å². The molecule has 0 aromatic heterocycles. The molecule has 2 unspecified atom stereocenters. The van der Waals surface area contributed by atoms with E-state index in [0.717, 1.165) is 12.0 Å². The zero-order valence-electron chi connectivity index (χ0n) is 8.64. The van der Waals surface area contributed by atoms with Gasteiger partial charge in [0.2, 0.25) is 0 Å². The Kier molecular flexibility index (Phi) is 1.95. The Morgan fingerprint density at radius 1 is 1.17 bits per heavy atom. The van der Waals surface area contributed by atoms with Gasteiger partial charge in [0.15, 0.2) is 0 Å². The van der Waals surface area contributed by atoms with Crippen molar-refractivity contribution in [2.45, 2.75) is 58.0 Å². The van der Waals surface area contributed by atoms with Crippen LogP contribution in [0.1, 0.15) is 46.5 Å². The first-order chi connectivity index (χ1) is 5.81. The van der Waals surface area contributed by atoms with E-state index in [2.05, 4.69) is 11.8 Å². The van der Waals surface area contributed by atoms with Gasteiger partial charge in [0.25, 0.3) is 0 Å². The molecule has 0 spiro atoms. The molecule has 0 aromatic carbocycles. The van der Waals surface area contributed by atoms with Gasteiger partial charge in [-0.15, -0.1) is 0 Å². The van der Waals surface area contributed by atoms with Crippen LogP contribution in [0.3, 0.4) is 0 Å². The van der Waals surface area contributed by atoms with Gasteiger partial charge in [0.1, 0.15) is 0 Å². The quantitative estimate of drug-likeness (QED) is 0.580. The molecule has 12 heavy (non-hydrogen) atoms. The lowest BCUT2D eigenvalue weighted by Crippen LogP contribution is -2.33. The average molecular weight is 167 g/mol. The highest BCUT2D eigenvalue weighted by Crippen LogP contribution is 2.58. The molecule has 1 saturated heterocycles. The standard InChI is InChI=1S/C9H15N.C2H6/c1-9-6-7(9)4-5-10(9)8-2-3-8;1-2/h7-8H,2-6H2,1H3;1-2H3. The normalized spacial score (nSPS) is 44.8. The molecular weight excluding hydrogens is 146 g/mol. The number of rotatable bonds is 1. The van der Waals surface area contributed by atoms with Crippen LogP contribution < -0.4 is 0 Å². The summed E-state index contributed by atoms with van der Waals surface area (Å²) in [6.45, 7) is 7.87. The fourth-order valence-electron chi connectivity index (χ4n) is 2.74. The molecule has 2 saturated carbocycles. The number of hydrogen-bond acceptors (Lipinski definition) is 1. The maximum absolute atomic E-state index is 2.78. The van der Waals surface area contributed by atoms with Gasteiger partial charge in [-0.05, 0) is 45.1 Å². The van der Waals surface area contributed by atoms with Gasteiger partial charge in [-0.3, -0.25) is 4.90 Å². The van der Waals surface area contributed by atoms with Crippen molar-refractivity contribution in [2.75, 3.05) is 6.54 Å². The summed E-state index contributed by atoms with van der Waals surface area (Å²) in [6, 6.07) is 1.01. The van der Waals surface area contributed by atoms with Crippen LogP contribution in [-0.2, 0) is 0 Å². The minimum atomic E-state index is 0.696. The zero-order valence-corrected chi connectivity index (χ0v) is 8.64. The second kappa shape index (κ2) is 2.73. The summed E-state index contributed by atoms with van der Waals surface area (Å²) >= 11 is 0. The van der Waals surface area contributed by atoms with Crippen molar-refractivity contribution in [2.24, 2.45) is 5.92 Å². The summed E-state index contributed by atoms with van der Waals surface area (Å²) in [7, 11) is 0. The molecular formula is C11H21N. The third kappa shape index (κ3) is 1.10. The second-order valence-electron chi connectivity index (χ2n) is 4.47. The van der Waals surface area contributed by atoms with Gasteiger partial charge >= 0.3 is 0 Å². The Balaban J connectivity index is 0.000000264. The molecule has 3 aliphatic rings. The van der Waals surface area contributed by atoms with E-state index in [1.165, 1.54) is 32.2 Å². The fraction of sp³-hybridized carbons (Fsp3) is 1.00. The van der Waals surface area contributed by atoms with Crippen molar-refractivity contribution in [1.29, 1.82) is 0 Å². The molecule has 1 heteroatoms. The minimum absolute atomic E-state index is 0.696. The Bertz CT molecular complexity index is 172. The Morgan fingerprint density at radius 2 is 1.83 bits per heavy atom. The summed E-state index contributed by atoms with van der Waals surface area (Å²) < 4.78 is 0. The van der Waals surface area contributed by atoms with Crippen molar-refractivity contribution < 1.29 is 0 Å². The highest BCUT2D eigenvalue weighted by molar-refractivity contribution is 5.15. The van der Waals surface area contributed by atoms with Crippen molar-refractivity contribution >= 4 is 0 Å². The molecule has 70 valence electrons. The van der Waals surface area contributed by atoms with Gasteiger partial charge in [-0.25, -0.2) is 0 Å². The van der Waals surface area contributed by atoms with Crippen LogP contribution >= 0.6 is 0 Å². The monoisotopic (exact) mass is 167 g/mol. The first kappa shape index (κ1) is 8.55. The fourth-order valence-corrected chi connectivity index (χ4v) is 2.74. The Hall–Kier alpha value is -0.0400. The first-order valence-corrected chi connectivity index (χ1v) is 5.57. The van der Waals surface area contributed by atoms with E-state index in [4.69, 9.17) is 0 Å². The van der Waals surface area contributed by atoms with E-state index in [0.29, 0.717) is 5.54 Å². The van der Waals surface area contributed by atoms with E-state index in [1.54, 1.807) is 0 Å². The maximum Gasteiger partial charge on any atom is 0.0217 e. The van der Waals surface area contributed by atoms with Crippen LogP contribution in [0.2, 0.25) is 0 Å². The van der Waals surface area contributed by atoms with Crippen molar-refractivity contribution in [3.05, 3.63) is 0 Å². The Labute approximate surface area is 76.1 Å². The maximum atomic E-state index is 2.78. The number of likely N-dealkylation sites (tertiary alicyclic amines) is 1. The van der Waals surface area contributed by atoms with Crippen molar-refractivity contribution in [1.82, 2.24) is 4.90 Å². The molecule has 0 N–H and O–H groups in total. The van der Waals surface area contributed by atoms with Gasteiger partial charge < -0.3 is 0 Å². The summed E-state index contributed by atoms with van der Waals surface area (Å²) in [5, 5.41) is 0. The van der Waals surface area contributed by atoms with Crippen LogP contribution in [0.25, 0.3) is 0 Å². The summed E-state index contributed by atoms with van der Waals surface area (Å²) in [5.74, 6) is 1.09. The highest BCUT2D eigenvalue weighted by atomic mass is 15.3. The van der Waals surface area contributed by atoms with Crippen LogP contribution in [0.5, 0.6) is 0 Å². The van der Waals surface area contributed by atoms with Gasteiger partial charge in [0.05, 0.1) is 0 Å². The number of piperidine rings is 1. The zero-order chi connectivity index (χ0) is 8.77. The number of nitrogens with zero attached hydrogens (tertiary/aromatic N) is 1. The molecule has 2 aliphatic carbocycles. The lowest BCUT2D eigenvalue weighted by atomic mass is 10.2. The van der Waals surface area contributed by atoms with Crippen molar-refractivity contribution in [3.63, 3.8) is 0 Å². The Morgan fingerprint density at radius 3 is 2.17 bits per heavy atom. The lowest BCUT2D eigenvalue weighted by molar-refractivity contribution is 0.215.